The number of hydrogen-bond donors (Lipinski definition) is 2. The van der Waals surface area contributed by atoms with Gasteiger partial charge in [-0.15, -0.1) is 0 Å². The second kappa shape index (κ2) is 9.73. The summed E-state index contributed by atoms with van der Waals surface area (Å²) in [7, 11) is -1.90. The van der Waals surface area contributed by atoms with E-state index in [-0.39, 0.29) is 23.0 Å². The number of carboxylic acid groups (broad SMARTS) is 1. The number of nitrogens with one attached hydrogen (secondary N) is 1. The standard InChI is InChI=1S/C25H20Cl2N2O5S/c1-29-21-11-10-20(26)24(27)19(21)13-22(29)25(32)28-17-6-8-18(9-7-17)35(33,34)14-16-4-2-15(3-5-16)12-23(30)31/h2-11,13H,12,14H2,1H3,(H,28,32)(H,30,31). The summed E-state index contributed by atoms with van der Waals surface area (Å²) in [5.74, 6) is -1.57. The fourth-order valence-corrected chi connectivity index (χ4v) is 5.47. The van der Waals surface area contributed by atoms with Gasteiger partial charge >= 0.3 is 5.97 Å². The van der Waals surface area contributed by atoms with Crippen LogP contribution in [0.5, 0.6) is 0 Å². The molecule has 0 aliphatic heterocycles. The first-order chi connectivity index (χ1) is 16.5. The van der Waals surface area contributed by atoms with Crippen molar-refractivity contribution in [2.24, 2.45) is 7.05 Å². The first-order valence-electron chi connectivity index (χ1n) is 10.4. The van der Waals surface area contributed by atoms with Gasteiger partial charge in [-0.2, -0.15) is 0 Å². The van der Waals surface area contributed by atoms with Crippen LogP contribution in [0.2, 0.25) is 10.0 Å². The van der Waals surface area contributed by atoms with Crippen molar-refractivity contribution >= 4 is 61.5 Å². The number of nitrogens with zero attached hydrogens (tertiary/aromatic N) is 1. The summed E-state index contributed by atoms with van der Waals surface area (Å²) >= 11 is 12.3. The van der Waals surface area contributed by atoms with Crippen LogP contribution in [-0.4, -0.2) is 30.0 Å². The van der Waals surface area contributed by atoms with Crippen LogP contribution < -0.4 is 5.32 Å². The molecule has 0 radical (unpaired) electrons. The van der Waals surface area contributed by atoms with Crippen LogP contribution in [0.25, 0.3) is 10.9 Å². The first kappa shape index (κ1) is 24.8. The number of anilines is 1. The maximum atomic E-state index is 12.9. The van der Waals surface area contributed by atoms with E-state index in [0.717, 1.165) is 5.52 Å². The van der Waals surface area contributed by atoms with Crippen molar-refractivity contribution in [3.05, 3.63) is 93.6 Å². The molecule has 7 nitrogen and oxygen atoms in total. The molecule has 4 rings (SSSR count). The summed E-state index contributed by atoms with van der Waals surface area (Å²) < 4.78 is 27.3. The van der Waals surface area contributed by atoms with Gasteiger partial charge in [0.15, 0.2) is 9.84 Å². The average Bonchev–Trinajstić information content (AvgIpc) is 3.14. The molecule has 1 aromatic heterocycles. The molecule has 0 aliphatic rings. The Hall–Kier alpha value is -3.33. The van der Waals surface area contributed by atoms with Crippen molar-refractivity contribution in [1.29, 1.82) is 0 Å². The highest BCUT2D eigenvalue weighted by molar-refractivity contribution is 7.90. The number of carbonyl (C=O) groups excluding carboxylic acids is 1. The highest BCUT2D eigenvalue weighted by Crippen LogP contribution is 2.32. The van der Waals surface area contributed by atoms with Crippen molar-refractivity contribution in [2.45, 2.75) is 17.1 Å². The van der Waals surface area contributed by atoms with E-state index in [0.29, 0.717) is 37.9 Å². The average molecular weight is 531 g/mol. The molecule has 10 heteroatoms. The first-order valence-corrected chi connectivity index (χ1v) is 12.8. The molecule has 0 spiro atoms. The van der Waals surface area contributed by atoms with Gasteiger partial charge in [0.2, 0.25) is 0 Å². The lowest BCUT2D eigenvalue weighted by atomic mass is 10.1. The monoisotopic (exact) mass is 530 g/mol. The molecule has 1 heterocycles. The molecule has 180 valence electrons. The lowest BCUT2D eigenvalue weighted by Crippen LogP contribution is -2.15. The molecule has 0 fully saturated rings. The summed E-state index contributed by atoms with van der Waals surface area (Å²) in [6.07, 6.45) is -0.125. The summed E-state index contributed by atoms with van der Waals surface area (Å²) in [6.45, 7) is 0. The normalized spacial score (nSPS) is 11.5. The van der Waals surface area contributed by atoms with Crippen LogP contribution >= 0.6 is 23.2 Å². The predicted molar refractivity (Wildman–Crippen MR) is 136 cm³/mol. The maximum absolute atomic E-state index is 12.9. The van der Waals surface area contributed by atoms with E-state index in [1.54, 1.807) is 54.1 Å². The number of halogens is 2. The summed E-state index contributed by atoms with van der Waals surface area (Å²) in [6, 6.07) is 17.4. The maximum Gasteiger partial charge on any atom is 0.307 e. The van der Waals surface area contributed by atoms with E-state index in [9.17, 15) is 18.0 Å². The molecule has 0 atom stereocenters. The molecule has 0 unspecified atom stereocenters. The number of carbonyl (C=O) groups is 2. The highest BCUT2D eigenvalue weighted by Gasteiger charge is 2.18. The number of carboxylic acids is 1. The van der Waals surface area contributed by atoms with Crippen LogP contribution in [0.1, 0.15) is 21.6 Å². The number of aromatic nitrogens is 1. The summed E-state index contributed by atoms with van der Waals surface area (Å²) in [5.41, 5.74) is 2.69. The van der Waals surface area contributed by atoms with Gasteiger partial charge in [-0.25, -0.2) is 8.42 Å². The van der Waals surface area contributed by atoms with Gasteiger partial charge in [-0.1, -0.05) is 47.5 Å². The van der Waals surface area contributed by atoms with Crippen molar-refractivity contribution < 1.29 is 23.1 Å². The molecule has 0 saturated carbocycles. The molecule has 1 amide bonds. The molecule has 0 bridgehead atoms. The summed E-state index contributed by atoms with van der Waals surface area (Å²) in [4.78, 5) is 23.8. The Morgan fingerprint density at radius 2 is 1.57 bits per heavy atom. The third-order valence-corrected chi connectivity index (χ3v) is 8.08. The van der Waals surface area contributed by atoms with Crippen molar-refractivity contribution in [3.63, 3.8) is 0 Å². The van der Waals surface area contributed by atoms with Crippen LogP contribution in [0.4, 0.5) is 5.69 Å². The molecule has 4 aromatic rings. The van der Waals surface area contributed by atoms with Gasteiger partial charge in [-0.05, 0) is 53.6 Å². The molecule has 0 aliphatic carbocycles. The Kier molecular flexibility index (Phi) is 6.89. The Morgan fingerprint density at radius 3 is 2.20 bits per heavy atom. The van der Waals surface area contributed by atoms with E-state index in [1.165, 1.54) is 24.3 Å². The molecule has 2 N–H and O–H groups in total. The Balaban J connectivity index is 1.48. The topological polar surface area (TPSA) is 105 Å². The zero-order chi connectivity index (χ0) is 25.3. The minimum Gasteiger partial charge on any atom is -0.481 e. The molecule has 35 heavy (non-hydrogen) atoms. The fraction of sp³-hybridized carbons (Fsp3) is 0.120. The number of benzene rings is 3. The Bertz CT molecular complexity index is 1540. The van der Waals surface area contributed by atoms with Crippen molar-refractivity contribution in [3.8, 4) is 0 Å². The quantitative estimate of drug-likeness (QED) is 0.335. The third kappa shape index (κ3) is 5.35. The van der Waals surface area contributed by atoms with Crippen molar-refractivity contribution in [2.75, 3.05) is 5.32 Å². The second-order valence-electron chi connectivity index (χ2n) is 8.01. The third-order valence-electron chi connectivity index (χ3n) is 5.55. The second-order valence-corrected chi connectivity index (χ2v) is 10.8. The van der Waals surface area contributed by atoms with Crippen LogP contribution in [0.15, 0.2) is 71.6 Å². The van der Waals surface area contributed by atoms with Crippen LogP contribution in [0.3, 0.4) is 0 Å². The molecule has 0 saturated heterocycles. The number of aliphatic carboxylic acids is 1. The molecule has 3 aromatic carbocycles. The number of sulfone groups is 1. The van der Waals surface area contributed by atoms with Crippen LogP contribution in [0, 0.1) is 0 Å². The number of amides is 1. The van der Waals surface area contributed by atoms with Gasteiger partial charge in [0, 0.05) is 23.6 Å². The summed E-state index contributed by atoms with van der Waals surface area (Å²) in [5, 5.41) is 13.0. The zero-order valence-corrected chi connectivity index (χ0v) is 20.8. The fourth-order valence-electron chi connectivity index (χ4n) is 3.74. The molecular formula is C25H20Cl2N2O5S. The number of hydrogen-bond acceptors (Lipinski definition) is 4. The number of aryl methyl sites for hydroxylation is 1. The highest BCUT2D eigenvalue weighted by atomic mass is 35.5. The molecular weight excluding hydrogens is 511 g/mol. The van der Waals surface area contributed by atoms with E-state index in [1.807, 2.05) is 0 Å². The predicted octanol–water partition coefficient (Wildman–Crippen LogP) is 5.34. The van der Waals surface area contributed by atoms with E-state index < -0.39 is 15.8 Å². The van der Waals surface area contributed by atoms with E-state index in [2.05, 4.69) is 5.32 Å². The minimum atomic E-state index is -3.64. The largest absolute Gasteiger partial charge is 0.481 e. The van der Waals surface area contributed by atoms with E-state index in [4.69, 9.17) is 28.3 Å². The van der Waals surface area contributed by atoms with Gasteiger partial charge < -0.3 is 15.0 Å². The van der Waals surface area contributed by atoms with Gasteiger partial charge in [0.1, 0.15) is 5.69 Å². The lowest BCUT2D eigenvalue weighted by molar-refractivity contribution is -0.136. The zero-order valence-electron chi connectivity index (χ0n) is 18.5. The smallest absolute Gasteiger partial charge is 0.307 e. The Labute approximate surface area is 211 Å². The Morgan fingerprint density at radius 1 is 0.943 bits per heavy atom. The number of rotatable bonds is 7. The minimum absolute atomic E-state index is 0.108. The van der Waals surface area contributed by atoms with Gasteiger partial charge in [-0.3, -0.25) is 9.59 Å². The van der Waals surface area contributed by atoms with E-state index >= 15 is 0 Å². The SMILES string of the molecule is Cn1c(C(=O)Nc2ccc(S(=O)(=O)Cc3ccc(CC(=O)O)cc3)cc2)cc2c(Cl)c(Cl)ccc21. The lowest BCUT2D eigenvalue weighted by Gasteiger charge is -2.09. The van der Waals surface area contributed by atoms with Crippen molar-refractivity contribution in [1.82, 2.24) is 4.57 Å². The van der Waals surface area contributed by atoms with Gasteiger partial charge in [0.25, 0.3) is 5.91 Å². The number of fused-ring (bicyclic) bond motifs is 1. The van der Waals surface area contributed by atoms with Crippen LogP contribution in [-0.2, 0) is 33.9 Å². The van der Waals surface area contributed by atoms with Gasteiger partial charge in [0.05, 0.1) is 27.1 Å².